The Labute approximate surface area is 275 Å². The van der Waals surface area contributed by atoms with Crippen LogP contribution in [0.5, 0.6) is 5.75 Å². The molecule has 8 heteroatoms. The molecule has 2 heterocycles. The van der Waals surface area contributed by atoms with Crippen molar-refractivity contribution in [2.24, 2.45) is 0 Å². The molecular formula is C38H41ClN4O3. The Morgan fingerprint density at radius 1 is 0.913 bits per heavy atom. The van der Waals surface area contributed by atoms with Gasteiger partial charge >= 0.3 is 0 Å². The number of amides is 1. The number of aryl methyl sites for hydroxylation is 1. The highest BCUT2D eigenvalue weighted by atomic mass is 35.5. The van der Waals surface area contributed by atoms with Gasteiger partial charge < -0.3 is 19.9 Å². The molecule has 46 heavy (non-hydrogen) atoms. The van der Waals surface area contributed by atoms with Crippen LogP contribution in [0.25, 0.3) is 21.8 Å². The molecule has 2 N–H and O–H groups in total. The molecule has 2 aromatic heterocycles. The summed E-state index contributed by atoms with van der Waals surface area (Å²) in [5.74, 6) is 0.464. The van der Waals surface area contributed by atoms with Gasteiger partial charge in [-0.15, -0.1) is 0 Å². The van der Waals surface area contributed by atoms with Crippen LogP contribution in [0.15, 0.2) is 77.7 Å². The molecule has 0 spiro atoms. The van der Waals surface area contributed by atoms with Gasteiger partial charge in [-0.25, -0.2) is 0 Å². The summed E-state index contributed by atoms with van der Waals surface area (Å²) in [4.78, 5) is 31.3. The Kier molecular flexibility index (Phi) is 10.2. The van der Waals surface area contributed by atoms with Crippen LogP contribution in [0.1, 0.15) is 72.1 Å². The fourth-order valence-corrected chi connectivity index (χ4v) is 6.62. The second kappa shape index (κ2) is 14.8. The summed E-state index contributed by atoms with van der Waals surface area (Å²) >= 11 is 6.27. The lowest BCUT2D eigenvalue weighted by molar-refractivity contribution is 0.0951. The van der Waals surface area contributed by atoms with E-state index < -0.39 is 0 Å². The number of nitrogens with zero attached hydrogens (tertiary/aromatic N) is 2. The number of aromatic nitrogens is 2. The van der Waals surface area contributed by atoms with E-state index in [0.717, 1.165) is 84.2 Å². The number of unbranched alkanes of at least 4 members (excludes halogenated alkanes) is 4. The first-order valence-electron chi connectivity index (χ1n) is 16.4. The lowest BCUT2D eigenvalue weighted by Crippen LogP contribution is -2.30. The maximum absolute atomic E-state index is 13.3. The molecule has 7 nitrogen and oxygen atoms in total. The largest absolute Gasteiger partial charge is 0.497 e. The third-order valence-corrected chi connectivity index (χ3v) is 9.15. The molecule has 6 rings (SSSR count). The van der Waals surface area contributed by atoms with Crippen LogP contribution >= 0.6 is 11.6 Å². The van der Waals surface area contributed by atoms with Gasteiger partial charge in [0.1, 0.15) is 11.3 Å². The van der Waals surface area contributed by atoms with Crippen LogP contribution in [0, 0.1) is 0 Å². The quantitative estimate of drug-likeness (QED) is 0.128. The summed E-state index contributed by atoms with van der Waals surface area (Å²) in [6.45, 7) is 1.99. The number of rotatable bonds is 13. The Hall–Kier alpha value is -4.36. The highest BCUT2D eigenvalue weighted by Gasteiger charge is 2.18. The molecule has 0 saturated heterocycles. The van der Waals surface area contributed by atoms with Crippen molar-refractivity contribution in [2.75, 3.05) is 25.5 Å². The van der Waals surface area contributed by atoms with E-state index in [4.69, 9.17) is 21.3 Å². The zero-order valence-corrected chi connectivity index (χ0v) is 27.2. The Morgan fingerprint density at radius 2 is 1.67 bits per heavy atom. The van der Waals surface area contributed by atoms with E-state index >= 15 is 0 Å². The minimum Gasteiger partial charge on any atom is -0.497 e. The summed E-state index contributed by atoms with van der Waals surface area (Å²) in [7, 11) is 1.64. The molecule has 1 aliphatic rings. The normalized spacial score (nSPS) is 12.7. The van der Waals surface area contributed by atoms with Crippen molar-refractivity contribution in [2.45, 2.75) is 64.3 Å². The average molecular weight is 637 g/mol. The smallest absolute Gasteiger partial charge is 0.256 e. The first kappa shape index (κ1) is 31.6. The zero-order chi connectivity index (χ0) is 31.9. The third-order valence-electron chi connectivity index (χ3n) is 8.91. The summed E-state index contributed by atoms with van der Waals surface area (Å²) in [5, 5.41) is 9.14. The van der Waals surface area contributed by atoms with Gasteiger partial charge in [0.05, 0.1) is 18.1 Å². The van der Waals surface area contributed by atoms with E-state index in [1.165, 1.54) is 29.8 Å². The highest BCUT2D eigenvalue weighted by Crippen LogP contribution is 2.34. The molecule has 0 fully saturated rings. The topological polar surface area (TPSA) is 85.2 Å². The SMILES string of the molecule is COc1ccc(Cn2cc(C(=O)NCCCCCCCNc3c4c(nc5cc(Cl)ccc35)CCCC4)c(=O)c3ccccc32)cc1. The van der Waals surface area contributed by atoms with Gasteiger partial charge in [-0.1, -0.05) is 55.1 Å². The van der Waals surface area contributed by atoms with E-state index in [-0.39, 0.29) is 16.9 Å². The Bertz CT molecular complexity index is 1900. The van der Waals surface area contributed by atoms with Crippen LogP contribution in [-0.2, 0) is 19.4 Å². The third kappa shape index (κ3) is 7.20. The number of ether oxygens (including phenoxy) is 1. The minimum atomic E-state index is -0.322. The average Bonchev–Trinajstić information content (AvgIpc) is 3.08. The number of anilines is 1. The molecular weight excluding hydrogens is 596 g/mol. The van der Waals surface area contributed by atoms with Crippen LogP contribution in [0.4, 0.5) is 5.69 Å². The number of hydrogen-bond donors (Lipinski definition) is 2. The number of para-hydroxylation sites is 1. The summed E-state index contributed by atoms with van der Waals surface area (Å²) in [6.07, 6.45) is 11.4. The number of halogens is 1. The molecule has 238 valence electrons. The van der Waals surface area contributed by atoms with Crippen molar-refractivity contribution >= 4 is 45.0 Å². The zero-order valence-electron chi connectivity index (χ0n) is 26.4. The first-order chi connectivity index (χ1) is 22.5. The van der Waals surface area contributed by atoms with E-state index in [1.54, 1.807) is 19.4 Å². The molecule has 0 saturated carbocycles. The number of carbonyl (C=O) groups is 1. The van der Waals surface area contributed by atoms with E-state index in [1.807, 2.05) is 59.2 Å². The predicted molar refractivity (Wildman–Crippen MR) is 188 cm³/mol. The minimum absolute atomic E-state index is 0.173. The van der Waals surface area contributed by atoms with Gasteiger partial charge in [0.15, 0.2) is 0 Å². The van der Waals surface area contributed by atoms with Crippen molar-refractivity contribution in [3.63, 3.8) is 0 Å². The van der Waals surface area contributed by atoms with Crippen LogP contribution in [-0.4, -0.2) is 35.7 Å². The molecule has 5 aromatic rings. The van der Waals surface area contributed by atoms with E-state index in [9.17, 15) is 9.59 Å². The van der Waals surface area contributed by atoms with Crippen molar-refractivity contribution in [3.05, 3.63) is 111 Å². The number of pyridine rings is 2. The number of benzene rings is 3. The van der Waals surface area contributed by atoms with Crippen molar-refractivity contribution in [3.8, 4) is 5.75 Å². The monoisotopic (exact) mass is 636 g/mol. The second-order valence-electron chi connectivity index (χ2n) is 12.1. The molecule has 1 amide bonds. The Morgan fingerprint density at radius 3 is 2.50 bits per heavy atom. The summed E-state index contributed by atoms with van der Waals surface area (Å²) in [5.41, 5.74) is 6.57. The lowest BCUT2D eigenvalue weighted by atomic mass is 9.92. The second-order valence-corrected chi connectivity index (χ2v) is 12.5. The molecule has 0 atom stereocenters. The van der Waals surface area contributed by atoms with Crippen LogP contribution in [0.3, 0.4) is 0 Å². The summed E-state index contributed by atoms with van der Waals surface area (Å²) in [6, 6.07) is 21.3. The van der Waals surface area contributed by atoms with Gasteiger partial charge in [0.2, 0.25) is 5.43 Å². The first-order valence-corrected chi connectivity index (χ1v) is 16.8. The fraction of sp³-hybridized carbons (Fsp3) is 0.342. The molecule has 0 radical (unpaired) electrons. The lowest BCUT2D eigenvalue weighted by Gasteiger charge is -2.22. The van der Waals surface area contributed by atoms with E-state index in [2.05, 4.69) is 16.7 Å². The molecule has 0 bridgehead atoms. The van der Waals surface area contributed by atoms with Crippen molar-refractivity contribution in [1.29, 1.82) is 0 Å². The van der Waals surface area contributed by atoms with Crippen molar-refractivity contribution in [1.82, 2.24) is 14.9 Å². The molecule has 1 aliphatic carbocycles. The van der Waals surface area contributed by atoms with Gasteiger partial charge in [0, 0.05) is 53.0 Å². The van der Waals surface area contributed by atoms with Gasteiger partial charge in [-0.05, 0) is 92.1 Å². The summed E-state index contributed by atoms with van der Waals surface area (Å²) < 4.78 is 7.25. The number of carbonyl (C=O) groups excluding carboxylic acids is 1. The maximum atomic E-state index is 13.3. The number of hydrogen-bond acceptors (Lipinski definition) is 5. The fourth-order valence-electron chi connectivity index (χ4n) is 6.46. The highest BCUT2D eigenvalue weighted by molar-refractivity contribution is 6.31. The Balaban J connectivity index is 0.987. The van der Waals surface area contributed by atoms with Gasteiger partial charge in [0.25, 0.3) is 5.91 Å². The maximum Gasteiger partial charge on any atom is 0.256 e. The molecule has 0 aliphatic heterocycles. The number of fused-ring (bicyclic) bond motifs is 3. The molecule has 3 aromatic carbocycles. The number of methoxy groups -OCH3 is 1. The van der Waals surface area contributed by atoms with Crippen molar-refractivity contribution < 1.29 is 9.53 Å². The number of nitrogens with one attached hydrogen (secondary N) is 2. The van der Waals surface area contributed by atoms with E-state index in [0.29, 0.717) is 18.5 Å². The van der Waals surface area contributed by atoms with Crippen LogP contribution in [0.2, 0.25) is 5.02 Å². The van der Waals surface area contributed by atoms with Gasteiger partial charge in [-0.3, -0.25) is 14.6 Å². The standard InChI is InChI=1S/C38H41ClN4O3/c1-46-28-18-15-26(16-19-28)24-43-25-32(37(44)31-12-6-8-14-35(31)43)38(45)41-22-10-4-2-3-9-21-40-36-29-11-5-7-13-33(29)42-34-23-27(39)17-20-30(34)36/h6,8,12,14-20,23,25H,2-5,7,9-11,13,21-22,24H2,1H3,(H,40,42)(H,41,45). The van der Waals surface area contributed by atoms with Crippen LogP contribution < -0.4 is 20.8 Å². The predicted octanol–water partition coefficient (Wildman–Crippen LogP) is 7.93. The molecule has 0 unspecified atom stereocenters. The van der Waals surface area contributed by atoms with Gasteiger partial charge in [-0.2, -0.15) is 0 Å².